The molecule has 2 atom stereocenters. The number of carbonyl (C=O) groups excluding carboxylic acids is 1. The van der Waals surface area contributed by atoms with E-state index in [-0.39, 0.29) is 5.91 Å². The van der Waals surface area contributed by atoms with E-state index in [4.69, 9.17) is 0 Å². The number of hydrogen-bond donors (Lipinski definition) is 1. The molecule has 1 rings (SSSR count). The first-order valence-electron chi connectivity index (χ1n) is 6.14. The van der Waals surface area contributed by atoms with Gasteiger partial charge in [-0.25, -0.2) is 0 Å². The van der Waals surface area contributed by atoms with Crippen molar-refractivity contribution in [2.75, 3.05) is 13.6 Å². The highest BCUT2D eigenvalue weighted by Gasteiger charge is 2.18. The molecular formula is C12H24N2O. The molecule has 0 radical (unpaired) electrons. The van der Waals surface area contributed by atoms with Crippen LogP contribution in [-0.4, -0.2) is 36.5 Å². The molecule has 1 aliphatic rings. The number of carbonyl (C=O) groups is 1. The molecule has 3 heteroatoms. The van der Waals surface area contributed by atoms with Crippen molar-refractivity contribution in [3.05, 3.63) is 0 Å². The van der Waals surface area contributed by atoms with Crippen LogP contribution in [0.4, 0.5) is 0 Å². The van der Waals surface area contributed by atoms with Crippen LogP contribution < -0.4 is 5.32 Å². The molecule has 0 aromatic carbocycles. The summed E-state index contributed by atoms with van der Waals surface area (Å²) in [5.41, 5.74) is 0. The highest BCUT2D eigenvalue weighted by atomic mass is 16.2. The number of nitrogens with zero attached hydrogens (tertiary/aromatic N) is 1. The van der Waals surface area contributed by atoms with Crippen molar-refractivity contribution < 1.29 is 4.79 Å². The Morgan fingerprint density at radius 2 is 2.33 bits per heavy atom. The van der Waals surface area contributed by atoms with E-state index in [0.29, 0.717) is 18.5 Å². The lowest BCUT2D eigenvalue weighted by molar-refractivity contribution is -0.131. The van der Waals surface area contributed by atoms with Crippen LogP contribution in [0.1, 0.15) is 46.0 Å². The molecular weight excluding hydrogens is 188 g/mol. The van der Waals surface area contributed by atoms with Crippen LogP contribution in [-0.2, 0) is 4.79 Å². The predicted octanol–water partition coefficient (Wildman–Crippen LogP) is 1.78. The molecule has 0 spiro atoms. The molecule has 15 heavy (non-hydrogen) atoms. The first kappa shape index (κ1) is 12.5. The zero-order valence-electron chi connectivity index (χ0n) is 10.3. The predicted molar refractivity (Wildman–Crippen MR) is 62.8 cm³/mol. The third kappa shape index (κ3) is 3.82. The van der Waals surface area contributed by atoms with Gasteiger partial charge in [-0.2, -0.15) is 0 Å². The summed E-state index contributed by atoms with van der Waals surface area (Å²) in [6, 6.07) is 0.952. The average molecular weight is 212 g/mol. The molecule has 1 heterocycles. The Labute approximate surface area is 93.2 Å². The lowest BCUT2D eigenvalue weighted by Gasteiger charge is -2.24. The fourth-order valence-corrected chi connectivity index (χ4v) is 2.00. The van der Waals surface area contributed by atoms with Crippen molar-refractivity contribution in [2.24, 2.45) is 0 Å². The summed E-state index contributed by atoms with van der Waals surface area (Å²) >= 11 is 0. The minimum atomic E-state index is 0.290. The van der Waals surface area contributed by atoms with Gasteiger partial charge in [0.15, 0.2) is 0 Å². The third-order valence-corrected chi connectivity index (χ3v) is 3.51. The molecule has 0 aromatic heterocycles. The van der Waals surface area contributed by atoms with Crippen LogP contribution in [0.15, 0.2) is 0 Å². The van der Waals surface area contributed by atoms with Gasteiger partial charge < -0.3 is 10.2 Å². The minimum absolute atomic E-state index is 0.290. The number of nitrogens with one attached hydrogen (secondary N) is 1. The van der Waals surface area contributed by atoms with Gasteiger partial charge in [-0.1, -0.05) is 6.92 Å². The van der Waals surface area contributed by atoms with Crippen LogP contribution >= 0.6 is 0 Å². The van der Waals surface area contributed by atoms with Gasteiger partial charge in [0.25, 0.3) is 0 Å². The molecule has 3 nitrogen and oxygen atoms in total. The highest BCUT2D eigenvalue weighted by molar-refractivity contribution is 5.76. The van der Waals surface area contributed by atoms with E-state index in [1.165, 1.54) is 12.8 Å². The molecule has 0 bridgehead atoms. The molecule has 1 amide bonds. The largest absolute Gasteiger partial charge is 0.343 e. The normalized spacial score (nSPS) is 22.7. The second kappa shape index (κ2) is 6.11. The lowest BCUT2D eigenvalue weighted by atomic mass is 10.1. The number of rotatable bonds is 5. The summed E-state index contributed by atoms with van der Waals surface area (Å²) in [5, 5.41) is 3.42. The van der Waals surface area contributed by atoms with Gasteiger partial charge in [0.2, 0.25) is 5.91 Å². The summed E-state index contributed by atoms with van der Waals surface area (Å²) < 4.78 is 0. The van der Waals surface area contributed by atoms with Crippen molar-refractivity contribution in [3.8, 4) is 0 Å². The van der Waals surface area contributed by atoms with Gasteiger partial charge in [-0.3, -0.25) is 4.79 Å². The Hall–Kier alpha value is -0.570. The van der Waals surface area contributed by atoms with E-state index in [0.717, 1.165) is 19.4 Å². The van der Waals surface area contributed by atoms with E-state index in [2.05, 4.69) is 19.2 Å². The summed E-state index contributed by atoms with van der Waals surface area (Å²) in [6.45, 7) is 5.35. The molecule has 1 fully saturated rings. The van der Waals surface area contributed by atoms with E-state index in [1.807, 2.05) is 11.9 Å². The SMILES string of the molecule is CCC(C)N(C)C(=O)CCC1CCCN1. The summed E-state index contributed by atoms with van der Waals surface area (Å²) in [4.78, 5) is 13.7. The monoisotopic (exact) mass is 212 g/mol. The van der Waals surface area contributed by atoms with E-state index >= 15 is 0 Å². The van der Waals surface area contributed by atoms with E-state index in [1.54, 1.807) is 0 Å². The van der Waals surface area contributed by atoms with Crippen molar-refractivity contribution >= 4 is 5.91 Å². The first-order chi connectivity index (χ1) is 7.15. The summed E-state index contributed by atoms with van der Waals surface area (Å²) in [7, 11) is 1.92. The maximum absolute atomic E-state index is 11.8. The van der Waals surface area contributed by atoms with Crippen LogP contribution in [0.25, 0.3) is 0 Å². The lowest BCUT2D eigenvalue weighted by Crippen LogP contribution is -2.35. The molecule has 0 aromatic rings. The van der Waals surface area contributed by atoms with Gasteiger partial charge in [0, 0.05) is 25.6 Å². The Balaban J connectivity index is 2.22. The first-order valence-corrected chi connectivity index (χ1v) is 6.14. The molecule has 88 valence electrons. The van der Waals surface area contributed by atoms with Crippen LogP contribution in [0.3, 0.4) is 0 Å². The van der Waals surface area contributed by atoms with Crippen LogP contribution in [0.5, 0.6) is 0 Å². The molecule has 1 saturated heterocycles. The van der Waals surface area contributed by atoms with Crippen LogP contribution in [0.2, 0.25) is 0 Å². The Bertz CT molecular complexity index is 200. The standard InChI is InChI=1S/C12H24N2O/c1-4-10(2)14(3)12(15)8-7-11-6-5-9-13-11/h10-11,13H,4-9H2,1-3H3. The van der Waals surface area contributed by atoms with Gasteiger partial charge >= 0.3 is 0 Å². The van der Waals surface area contributed by atoms with E-state index < -0.39 is 0 Å². The zero-order chi connectivity index (χ0) is 11.3. The van der Waals surface area contributed by atoms with Crippen molar-refractivity contribution in [2.45, 2.75) is 58.0 Å². The maximum atomic E-state index is 11.8. The zero-order valence-corrected chi connectivity index (χ0v) is 10.3. The van der Waals surface area contributed by atoms with Crippen molar-refractivity contribution in [3.63, 3.8) is 0 Å². The fraction of sp³-hybridized carbons (Fsp3) is 0.917. The average Bonchev–Trinajstić information content (AvgIpc) is 2.76. The molecule has 1 N–H and O–H groups in total. The fourth-order valence-electron chi connectivity index (χ4n) is 2.00. The van der Waals surface area contributed by atoms with Gasteiger partial charge in [-0.05, 0) is 39.2 Å². The summed E-state index contributed by atoms with van der Waals surface area (Å²) in [6.07, 6.45) is 5.22. The third-order valence-electron chi connectivity index (χ3n) is 3.51. The Morgan fingerprint density at radius 3 is 2.87 bits per heavy atom. The molecule has 1 aliphatic heterocycles. The topological polar surface area (TPSA) is 32.3 Å². The molecule has 2 unspecified atom stereocenters. The van der Waals surface area contributed by atoms with Gasteiger partial charge in [0.05, 0.1) is 0 Å². The van der Waals surface area contributed by atoms with E-state index in [9.17, 15) is 4.79 Å². The molecule has 0 aliphatic carbocycles. The quantitative estimate of drug-likeness (QED) is 0.753. The summed E-state index contributed by atoms with van der Waals surface area (Å²) in [5.74, 6) is 0.290. The second-order valence-corrected chi connectivity index (χ2v) is 4.59. The Morgan fingerprint density at radius 1 is 1.60 bits per heavy atom. The van der Waals surface area contributed by atoms with Crippen molar-refractivity contribution in [1.82, 2.24) is 10.2 Å². The number of amides is 1. The highest BCUT2D eigenvalue weighted by Crippen LogP contribution is 2.12. The smallest absolute Gasteiger partial charge is 0.222 e. The number of hydrogen-bond acceptors (Lipinski definition) is 2. The Kier molecular flexibility index (Phi) is 5.09. The van der Waals surface area contributed by atoms with Crippen molar-refractivity contribution in [1.29, 1.82) is 0 Å². The minimum Gasteiger partial charge on any atom is -0.343 e. The maximum Gasteiger partial charge on any atom is 0.222 e. The second-order valence-electron chi connectivity index (χ2n) is 4.59. The van der Waals surface area contributed by atoms with Gasteiger partial charge in [0.1, 0.15) is 0 Å². The van der Waals surface area contributed by atoms with Crippen LogP contribution in [0, 0.1) is 0 Å². The molecule has 0 saturated carbocycles. The van der Waals surface area contributed by atoms with Gasteiger partial charge in [-0.15, -0.1) is 0 Å².